The number of ether oxygens (including phenoxy) is 1. The number of halogens is 1. The molecule has 5 heteroatoms. The van der Waals surface area contributed by atoms with Gasteiger partial charge in [-0.3, -0.25) is 4.79 Å². The number of hydrogen-bond acceptors (Lipinski definition) is 3. The van der Waals surface area contributed by atoms with Crippen LogP contribution in [0.3, 0.4) is 0 Å². The van der Waals surface area contributed by atoms with Crippen molar-refractivity contribution in [2.24, 2.45) is 5.92 Å². The molecule has 0 radical (unpaired) electrons. The third kappa shape index (κ3) is 5.71. The Morgan fingerprint density at radius 1 is 1.24 bits per heavy atom. The molecule has 0 aromatic heterocycles. The fourth-order valence-corrected chi connectivity index (χ4v) is 2.39. The maximum atomic E-state index is 12.7. The van der Waals surface area contributed by atoms with Crippen LogP contribution in [-0.4, -0.2) is 32.1 Å². The van der Waals surface area contributed by atoms with E-state index in [-0.39, 0.29) is 17.6 Å². The molecule has 1 saturated heterocycles. The lowest BCUT2D eigenvalue weighted by atomic mass is 9.97. The summed E-state index contributed by atoms with van der Waals surface area (Å²) in [4.78, 5) is 11.9. The number of nitrogens with one attached hydrogen (secondary N) is 2. The predicted molar refractivity (Wildman–Crippen MR) is 79.7 cm³/mol. The Labute approximate surface area is 125 Å². The summed E-state index contributed by atoms with van der Waals surface area (Å²) >= 11 is 0. The van der Waals surface area contributed by atoms with Gasteiger partial charge in [-0.05, 0) is 63.0 Å². The lowest BCUT2D eigenvalue weighted by molar-refractivity contribution is -0.125. The monoisotopic (exact) mass is 294 g/mol. The molecule has 0 unspecified atom stereocenters. The van der Waals surface area contributed by atoms with Gasteiger partial charge >= 0.3 is 0 Å². The van der Waals surface area contributed by atoms with Crippen LogP contribution in [0.15, 0.2) is 24.3 Å². The van der Waals surface area contributed by atoms with Gasteiger partial charge in [0.15, 0.2) is 0 Å². The van der Waals surface area contributed by atoms with Crippen molar-refractivity contribution in [1.82, 2.24) is 10.6 Å². The maximum Gasteiger partial charge on any atom is 0.223 e. The molecule has 1 aromatic rings. The van der Waals surface area contributed by atoms with Crippen molar-refractivity contribution in [3.05, 3.63) is 30.1 Å². The summed E-state index contributed by atoms with van der Waals surface area (Å²) in [5.41, 5.74) is 0. The van der Waals surface area contributed by atoms with Crippen LogP contribution in [0.4, 0.5) is 4.39 Å². The van der Waals surface area contributed by atoms with E-state index in [0.717, 1.165) is 38.8 Å². The smallest absolute Gasteiger partial charge is 0.223 e. The average Bonchev–Trinajstić information content (AvgIpc) is 2.53. The van der Waals surface area contributed by atoms with Crippen molar-refractivity contribution >= 4 is 5.91 Å². The van der Waals surface area contributed by atoms with Crippen LogP contribution in [0.25, 0.3) is 0 Å². The van der Waals surface area contributed by atoms with Crippen molar-refractivity contribution < 1.29 is 13.9 Å². The van der Waals surface area contributed by atoms with E-state index in [0.29, 0.717) is 18.9 Å². The largest absolute Gasteiger partial charge is 0.494 e. The van der Waals surface area contributed by atoms with E-state index in [4.69, 9.17) is 4.74 Å². The molecule has 1 aliphatic rings. The molecule has 0 saturated carbocycles. The Morgan fingerprint density at radius 2 is 1.95 bits per heavy atom. The fraction of sp³-hybridized carbons (Fsp3) is 0.562. The van der Waals surface area contributed by atoms with Crippen LogP contribution in [0.1, 0.15) is 25.7 Å². The van der Waals surface area contributed by atoms with Gasteiger partial charge in [0, 0.05) is 12.5 Å². The highest BCUT2D eigenvalue weighted by Crippen LogP contribution is 2.12. The van der Waals surface area contributed by atoms with Crippen LogP contribution >= 0.6 is 0 Å². The van der Waals surface area contributed by atoms with Crippen LogP contribution in [-0.2, 0) is 4.79 Å². The number of amides is 1. The second-order valence-corrected chi connectivity index (χ2v) is 5.32. The minimum absolute atomic E-state index is 0.168. The van der Waals surface area contributed by atoms with Gasteiger partial charge in [-0.15, -0.1) is 0 Å². The SMILES string of the molecule is O=C(NCCCCOc1ccc(F)cc1)C1CCNCC1. The highest BCUT2D eigenvalue weighted by Gasteiger charge is 2.19. The highest BCUT2D eigenvalue weighted by atomic mass is 19.1. The maximum absolute atomic E-state index is 12.7. The number of piperidine rings is 1. The molecule has 0 atom stereocenters. The van der Waals surface area contributed by atoms with E-state index < -0.39 is 0 Å². The number of unbranched alkanes of at least 4 members (excludes halogenated alkanes) is 1. The first-order valence-electron chi connectivity index (χ1n) is 7.62. The van der Waals surface area contributed by atoms with E-state index in [1.807, 2.05) is 0 Å². The second kappa shape index (κ2) is 8.62. The molecule has 1 fully saturated rings. The molecular formula is C16H23FN2O2. The highest BCUT2D eigenvalue weighted by molar-refractivity contribution is 5.78. The van der Waals surface area contributed by atoms with E-state index in [1.54, 1.807) is 12.1 Å². The summed E-state index contributed by atoms with van der Waals surface area (Å²) in [6.45, 7) is 3.14. The minimum Gasteiger partial charge on any atom is -0.494 e. The van der Waals surface area contributed by atoms with Gasteiger partial charge in [0.1, 0.15) is 11.6 Å². The van der Waals surface area contributed by atoms with E-state index in [9.17, 15) is 9.18 Å². The van der Waals surface area contributed by atoms with Crippen LogP contribution in [0.5, 0.6) is 5.75 Å². The van der Waals surface area contributed by atoms with Crippen LogP contribution in [0, 0.1) is 11.7 Å². The number of carbonyl (C=O) groups excluding carboxylic acids is 1. The Kier molecular flexibility index (Phi) is 6.47. The molecule has 1 aliphatic heterocycles. The predicted octanol–water partition coefficient (Wildman–Crippen LogP) is 2.10. The second-order valence-electron chi connectivity index (χ2n) is 5.32. The van der Waals surface area contributed by atoms with Crippen molar-refractivity contribution in [2.75, 3.05) is 26.2 Å². The summed E-state index contributed by atoms with van der Waals surface area (Å²) < 4.78 is 18.2. The van der Waals surface area contributed by atoms with Gasteiger partial charge in [0.2, 0.25) is 5.91 Å². The zero-order chi connectivity index (χ0) is 14.9. The number of carbonyl (C=O) groups is 1. The third-order valence-electron chi connectivity index (χ3n) is 3.66. The summed E-state index contributed by atoms with van der Waals surface area (Å²) in [7, 11) is 0. The molecule has 116 valence electrons. The lowest BCUT2D eigenvalue weighted by Gasteiger charge is -2.21. The van der Waals surface area contributed by atoms with Gasteiger partial charge in [-0.1, -0.05) is 0 Å². The Balaban J connectivity index is 1.51. The summed E-state index contributed by atoms with van der Waals surface area (Å²) in [5.74, 6) is 0.760. The van der Waals surface area contributed by atoms with Crippen molar-refractivity contribution in [3.63, 3.8) is 0 Å². The Hall–Kier alpha value is -1.62. The molecule has 0 spiro atoms. The zero-order valence-electron chi connectivity index (χ0n) is 12.2. The lowest BCUT2D eigenvalue weighted by Crippen LogP contribution is -2.38. The molecule has 1 heterocycles. The molecule has 0 aliphatic carbocycles. The standard InChI is InChI=1S/C16H23FN2O2/c17-14-3-5-15(6-4-14)21-12-2-1-9-19-16(20)13-7-10-18-11-8-13/h3-6,13,18H,1-2,7-12H2,(H,19,20). The molecule has 1 aromatic carbocycles. The van der Waals surface area contributed by atoms with Gasteiger partial charge in [-0.25, -0.2) is 4.39 Å². The molecule has 2 rings (SSSR count). The summed E-state index contributed by atoms with van der Waals surface area (Å²) in [6, 6.07) is 6.01. The third-order valence-corrected chi connectivity index (χ3v) is 3.66. The Morgan fingerprint density at radius 3 is 2.67 bits per heavy atom. The average molecular weight is 294 g/mol. The van der Waals surface area contributed by atoms with E-state index in [2.05, 4.69) is 10.6 Å². The van der Waals surface area contributed by atoms with Crippen molar-refractivity contribution in [3.8, 4) is 5.75 Å². The number of benzene rings is 1. The first kappa shape index (κ1) is 15.8. The molecule has 2 N–H and O–H groups in total. The zero-order valence-corrected chi connectivity index (χ0v) is 12.2. The molecular weight excluding hydrogens is 271 g/mol. The minimum atomic E-state index is -0.261. The first-order valence-corrected chi connectivity index (χ1v) is 7.62. The van der Waals surface area contributed by atoms with Crippen molar-refractivity contribution in [1.29, 1.82) is 0 Å². The van der Waals surface area contributed by atoms with E-state index in [1.165, 1.54) is 12.1 Å². The molecule has 0 bridgehead atoms. The quantitative estimate of drug-likeness (QED) is 0.757. The van der Waals surface area contributed by atoms with Crippen LogP contribution < -0.4 is 15.4 Å². The normalized spacial score (nSPS) is 15.7. The summed E-state index contributed by atoms with van der Waals surface area (Å²) in [6.07, 6.45) is 3.61. The van der Waals surface area contributed by atoms with Gasteiger partial charge < -0.3 is 15.4 Å². The Bertz CT molecular complexity index is 430. The topological polar surface area (TPSA) is 50.4 Å². The van der Waals surface area contributed by atoms with Gasteiger partial charge in [0.25, 0.3) is 0 Å². The molecule has 21 heavy (non-hydrogen) atoms. The number of rotatable bonds is 7. The van der Waals surface area contributed by atoms with Gasteiger partial charge in [0.05, 0.1) is 6.61 Å². The molecule has 1 amide bonds. The first-order chi connectivity index (χ1) is 10.3. The number of hydrogen-bond donors (Lipinski definition) is 2. The van der Waals surface area contributed by atoms with Gasteiger partial charge in [-0.2, -0.15) is 0 Å². The van der Waals surface area contributed by atoms with Crippen LogP contribution in [0.2, 0.25) is 0 Å². The molecule has 4 nitrogen and oxygen atoms in total. The van der Waals surface area contributed by atoms with Crippen molar-refractivity contribution in [2.45, 2.75) is 25.7 Å². The fourth-order valence-electron chi connectivity index (χ4n) is 2.39. The summed E-state index contributed by atoms with van der Waals surface area (Å²) in [5, 5.41) is 6.24. The van der Waals surface area contributed by atoms with E-state index >= 15 is 0 Å².